The van der Waals surface area contributed by atoms with Crippen molar-refractivity contribution in [1.29, 1.82) is 0 Å². The zero-order valence-corrected chi connectivity index (χ0v) is 14.5. The lowest BCUT2D eigenvalue weighted by atomic mass is 10.1. The predicted octanol–water partition coefficient (Wildman–Crippen LogP) is 3.43. The molecule has 6 nitrogen and oxygen atoms in total. The first-order valence-electron chi connectivity index (χ1n) is 7.52. The molecule has 0 spiro atoms. The first kappa shape index (κ1) is 17.9. The lowest BCUT2D eigenvalue weighted by molar-refractivity contribution is 0.145. The third kappa shape index (κ3) is 3.52. The number of sulfonamides is 1. The van der Waals surface area contributed by atoms with Crippen LogP contribution in [0.4, 0.5) is 8.78 Å². The van der Waals surface area contributed by atoms with Gasteiger partial charge in [0.25, 0.3) is 16.4 Å². The minimum absolute atomic E-state index is 0.0138. The van der Waals surface area contributed by atoms with Gasteiger partial charge in [-0.15, -0.1) is 0 Å². The van der Waals surface area contributed by atoms with E-state index in [0.717, 1.165) is 10.9 Å². The van der Waals surface area contributed by atoms with Crippen LogP contribution in [0.15, 0.2) is 65.6 Å². The Morgan fingerprint density at radius 3 is 2.38 bits per heavy atom. The monoisotopic (exact) mass is 379 g/mol. The van der Waals surface area contributed by atoms with Crippen LogP contribution in [0.3, 0.4) is 0 Å². The van der Waals surface area contributed by atoms with Crippen LogP contribution in [0, 0.1) is 0 Å². The van der Waals surface area contributed by atoms with E-state index in [1.165, 1.54) is 19.2 Å². The van der Waals surface area contributed by atoms with Crippen LogP contribution in [0.5, 0.6) is 5.75 Å². The Bertz CT molecular complexity index is 1010. The predicted molar refractivity (Wildman–Crippen MR) is 92.2 cm³/mol. The fourth-order valence-corrected chi connectivity index (χ4v) is 3.38. The quantitative estimate of drug-likeness (QED) is 0.712. The number of hydrogen-bond donors (Lipinski definition) is 1. The van der Waals surface area contributed by atoms with Gasteiger partial charge in [-0.3, -0.25) is 0 Å². The van der Waals surface area contributed by atoms with E-state index in [9.17, 15) is 17.2 Å². The molecule has 1 N–H and O–H groups in total. The summed E-state index contributed by atoms with van der Waals surface area (Å²) in [6.07, 6.45) is -2.86. The fourth-order valence-electron chi connectivity index (χ4n) is 2.39. The van der Waals surface area contributed by atoms with E-state index in [4.69, 9.17) is 4.74 Å². The Labute approximate surface area is 149 Å². The standard InChI is InChI=1S/C17H15F2N3O3S/c1-25-16-10-6-5-9-13(16)15-11-14(17(18)19)20-22(15)21-26(23,24)12-7-3-2-4-8-12/h2-11,17,21H,1H3. The van der Waals surface area contributed by atoms with E-state index in [0.29, 0.717) is 11.3 Å². The molecule has 0 saturated carbocycles. The molecule has 0 bridgehead atoms. The van der Waals surface area contributed by atoms with Gasteiger partial charge in [0.05, 0.1) is 17.7 Å². The second kappa shape index (κ2) is 7.12. The summed E-state index contributed by atoms with van der Waals surface area (Å²) in [5.41, 5.74) is 0.00378. The minimum Gasteiger partial charge on any atom is -0.496 e. The topological polar surface area (TPSA) is 73.2 Å². The van der Waals surface area contributed by atoms with Crippen LogP contribution in [0.2, 0.25) is 0 Å². The maximum atomic E-state index is 13.1. The highest BCUT2D eigenvalue weighted by Gasteiger charge is 2.22. The number of ether oxygens (including phenoxy) is 1. The van der Waals surface area contributed by atoms with Crippen molar-refractivity contribution in [2.75, 3.05) is 11.9 Å². The molecule has 9 heteroatoms. The number of halogens is 2. The van der Waals surface area contributed by atoms with Crippen molar-refractivity contribution in [1.82, 2.24) is 9.89 Å². The van der Waals surface area contributed by atoms with Crippen LogP contribution in [-0.4, -0.2) is 25.4 Å². The second-order valence-electron chi connectivity index (χ2n) is 5.28. The summed E-state index contributed by atoms with van der Waals surface area (Å²) in [4.78, 5) is 3.02. The first-order valence-corrected chi connectivity index (χ1v) is 9.00. The second-order valence-corrected chi connectivity index (χ2v) is 6.94. The Balaban J connectivity index is 2.10. The summed E-state index contributed by atoms with van der Waals surface area (Å²) < 4.78 is 56.5. The molecule has 26 heavy (non-hydrogen) atoms. The molecule has 0 saturated heterocycles. The molecule has 0 radical (unpaired) electrons. The third-order valence-electron chi connectivity index (χ3n) is 3.59. The number of nitrogens with one attached hydrogen (secondary N) is 1. The molecular weight excluding hydrogens is 364 g/mol. The molecule has 0 unspecified atom stereocenters. The summed E-state index contributed by atoms with van der Waals surface area (Å²) in [5, 5.41) is 3.69. The van der Waals surface area contributed by atoms with Gasteiger partial charge in [0.1, 0.15) is 11.4 Å². The number of rotatable bonds is 6. The zero-order valence-electron chi connectivity index (χ0n) is 13.6. The van der Waals surface area contributed by atoms with Crippen molar-refractivity contribution < 1.29 is 21.9 Å². The molecule has 0 aliphatic rings. The molecule has 2 aromatic carbocycles. The molecular formula is C17H15F2N3O3S. The van der Waals surface area contributed by atoms with Gasteiger partial charge in [0, 0.05) is 5.56 Å². The Morgan fingerprint density at radius 1 is 1.08 bits per heavy atom. The highest BCUT2D eigenvalue weighted by molar-refractivity contribution is 7.92. The highest BCUT2D eigenvalue weighted by Crippen LogP contribution is 2.32. The molecule has 3 rings (SSSR count). The van der Waals surface area contributed by atoms with E-state index >= 15 is 0 Å². The van der Waals surface area contributed by atoms with Crippen LogP contribution in [0.25, 0.3) is 11.3 Å². The number of methoxy groups -OCH3 is 1. The van der Waals surface area contributed by atoms with Crippen molar-refractivity contribution in [3.8, 4) is 17.0 Å². The molecule has 136 valence electrons. The Morgan fingerprint density at radius 2 is 1.73 bits per heavy atom. The van der Waals surface area contributed by atoms with Crippen LogP contribution in [-0.2, 0) is 10.0 Å². The smallest absolute Gasteiger partial charge is 0.282 e. The van der Waals surface area contributed by atoms with E-state index in [1.807, 2.05) is 0 Å². The molecule has 0 aliphatic heterocycles. The van der Waals surface area contributed by atoms with Gasteiger partial charge in [-0.25, -0.2) is 8.78 Å². The summed E-state index contributed by atoms with van der Waals surface area (Å²) >= 11 is 0. The lowest BCUT2D eigenvalue weighted by Crippen LogP contribution is -2.25. The van der Waals surface area contributed by atoms with Crippen molar-refractivity contribution in [3.05, 3.63) is 66.4 Å². The van der Waals surface area contributed by atoms with E-state index in [1.54, 1.807) is 42.5 Å². The lowest BCUT2D eigenvalue weighted by Gasteiger charge is -2.13. The van der Waals surface area contributed by atoms with Crippen LogP contribution < -0.4 is 9.57 Å². The van der Waals surface area contributed by atoms with Gasteiger partial charge in [-0.1, -0.05) is 30.3 Å². The van der Waals surface area contributed by atoms with Gasteiger partial charge in [0.2, 0.25) is 0 Å². The number of aromatic nitrogens is 2. The highest BCUT2D eigenvalue weighted by atomic mass is 32.2. The number of nitrogens with zero attached hydrogens (tertiary/aromatic N) is 2. The minimum atomic E-state index is -4.01. The molecule has 0 aliphatic carbocycles. The van der Waals surface area contributed by atoms with E-state index in [2.05, 4.69) is 9.93 Å². The Hall–Kier alpha value is -2.94. The Kier molecular flexibility index (Phi) is 4.90. The van der Waals surface area contributed by atoms with Crippen molar-refractivity contribution in [2.45, 2.75) is 11.3 Å². The fraction of sp³-hybridized carbons (Fsp3) is 0.118. The van der Waals surface area contributed by atoms with Crippen molar-refractivity contribution in [2.24, 2.45) is 0 Å². The van der Waals surface area contributed by atoms with Gasteiger partial charge < -0.3 is 4.74 Å². The van der Waals surface area contributed by atoms with Crippen molar-refractivity contribution in [3.63, 3.8) is 0 Å². The van der Waals surface area contributed by atoms with E-state index in [-0.39, 0.29) is 10.6 Å². The van der Waals surface area contributed by atoms with Crippen LogP contribution in [0.1, 0.15) is 12.1 Å². The number of alkyl halides is 2. The van der Waals surface area contributed by atoms with Gasteiger partial charge in [-0.2, -0.15) is 23.1 Å². The van der Waals surface area contributed by atoms with Gasteiger partial charge >= 0.3 is 0 Å². The average Bonchev–Trinajstić information content (AvgIpc) is 3.05. The van der Waals surface area contributed by atoms with E-state index < -0.39 is 22.1 Å². The summed E-state index contributed by atoms with van der Waals surface area (Å²) in [6, 6.07) is 15.4. The number of hydrogen-bond acceptors (Lipinski definition) is 4. The first-order chi connectivity index (χ1) is 12.4. The maximum absolute atomic E-state index is 13.1. The number of para-hydroxylation sites is 1. The molecule has 0 atom stereocenters. The summed E-state index contributed by atoms with van der Waals surface area (Å²) in [6.45, 7) is 0. The molecule has 1 heterocycles. The average molecular weight is 379 g/mol. The summed E-state index contributed by atoms with van der Waals surface area (Å²) in [5.74, 6) is 0.397. The third-order valence-corrected chi connectivity index (χ3v) is 4.90. The van der Waals surface area contributed by atoms with Gasteiger partial charge in [0.15, 0.2) is 0 Å². The van der Waals surface area contributed by atoms with Crippen LogP contribution >= 0.6 is 0 Å². The molecule has 0 amide bonds. The molecule has 3 aromatic rings. The largest absolute Gasteiger partial charge is 0.496 e. The SMILES string of the molecule is COc1ccccc1-c1cc(C(F)F)nn1NS(=O)(=O)c1ccccc1. The van der Waals surface area contributed by atoms with Crippen molar-refractivity contribution >= 4 is 10.0 Å². The molecule has 0 fully saturated rings. The maximum Gasteiger partial charge on any atom is 0.282 e. The number of benzene rings is 2. The normalized spacial score (nSPS) is 11.5. The summed E-state index contributed by atoms with van der Waals surface area (Å²) in [7, 11) is -2.58. The zero-order chi connectivity index (χ0) is 18.7. The van der Waals surface area contributed by atoms with Gasteiger partial charge in [-0.05, 0) is 30.3 Å². The molecule has 1 aromatic heterocycles.